The first kappa shape index (κ1) is 9.90. The molecule has 17 heavy (non-hydrogen) atoms. The van der Waals surface area contributed by atoms with Crippen molar-refractivity contribution in [2.75, 3.05) is 16.8 Å². The van der Waals surface area contributed by atoms with Crippen LogP contribution in [-0.4, -0.2) is 12.5 Å². The van der Waals surface area contributed by atoms with Crippen molar-refractivity contribution in [2.24, 2.45) is 0 Å². The van der Waals surface area contributed by atoms with Crippen molar-refractivity contribution < 1.29 is 4.79 Å². The molecule has 0 aromatic heterocycles. The average molecular weight is 224 g/mol. The van der Waals surface area contributed by atoms with Crippen LogP contribution in [0.2, 0.25) is 0 Å². The highest BCUT2D eigenvalue weighted by Crippen LogP contribution is 2.34. The van der Waals surface area contributed by atoms with Crippen LogP contribution in [0, 0.1) is 0 Å². The third kappa shape index (κ3) is 1.76. The zero-order chi connectivity index (χ0) is 11.7. The minimum absolute atomic E-state index is 0.0209. The molecular formula is C14H12N2O. The maximum atomic E-state index is 11.7. The van der Waals surface area contributed by atoms with E-state index in [1.807, 2.05) is 59.5 Å². The summed E-state index contributed by atoms with van der Waals surface area (Å²) in [5.74, 6) is 0.0209. The fourth-order valence-corrected chi connectivity index (χ4v) is 2.07. The summed E-state index contributed by atoms with van der Waals surface area (Å²) < 4.78 is 0. The number of nitrogens with zero attached hydrogens (tertiary/aromatic N) is 1. The summed E-state index contributed by atoms with van der Waals surface area (Å²) in [7, 11) is 0. The Hall–Kier alpha value is -2.29. The molecule has 1 heterocycles. The number of fused-ring (bicyclic) bond motifs is 1. The van der Waals surface area contributed by atoms with Gasteiger partial charge >= 0.3 is 0 Å². The Balaban J connectivity index is 2.10. The number of nitrogens with one attached hydrogen (secondary N) is 1. The lowest BCUT2D eigenvalue weighted by molar-refractivity contribution is -0.115. The number of hydrogen-bond donors (Lipinski definition) is 1. The van der Waals surface area contributed by atoms with E-state index in [0.29, 0.717) is 6.54 Å². The van der Waals surface area contributed by atoms with Gasteiger partial charge in [0.25, 0.3) is 0 Å². The molecule has 0 aliphatic carbocycles. The predicted octanol–water partition coefficient (Wildman–Crippen LogP) is 2.78. The van der Waals surface area contributed by atoms with Gasteiger partial charge in [-0.2, -0.15) is 0 Å². The molecule has 2 aromatic carbocycles. The molecule has 0 atom stereocenters. The van der Waals surface area contributed by atoms with Crippen molar-refractivity contribution in [3.05, 3.63) is 54.6 Å². The van der Waals surface area contributed by atoms with E-state index in [4.69, 9.17) is 0 Å². The summed E-state index contributed by atoms with van der Waals surface area (Å²) in [5.41, 5.74) is 2.95. The fraction of sp³-hybridized carbons (Fsp3) is 0.0714. The molecule has 1 N–H and O–H groups in total. The van der Waals surface area contributed by atoms with Crippen LogP contribution >= 0.6 is 0 Å². The number of rotatable bonds is 1. The van der Waals surface area contributed by atoms with Gasteiger partial charge in [-0.15, -0.1) is 0 Å². The van der Waals surface area contributed by atoms with Crippen LogP contribution in [0.25, 0.3) is 0 Å². The summed E-state index contributed by atoms with van der Waals surface area (Å²) in [4.78, 5) is 13.7. The Labute approximate surface area is 99.7 Å². The minimum Gasteiger partial charge on any atom is -0.330 e. The normalized spacial score (nSPS) is 14.1. The molecule has 0 fully saturated rings. The first-order chi connectivity index (χ1) is 8.34. The number of benzene rings is 2. The van der Waals surface area contributed by atoms with Crippen LogP contribution in [0.5, 0.6) is 0 Å². The molecule has 84 valence electrons. The van der Waals surface area contributed by atoms with Crippen molar-refractivity contribution in [1.29, 1.82) is 0 Å². The number of carbonyl (C=O) groups is 1. The third-order valence-electron chi connectivity index (χ3n) is 2.84. The molecule has 2 aromatic rings. The minimum atomic E-state index is 0.0209. The molecule has 3 rings (SSSR count). The van der Waals surface area contributed by atoms with Crippen LogP contribution in [0.1, 0.15) is 0 Å². The molecule has 1 aliphatic rings. The van der Waals surface area contributed by atoms with E-state index in [1.54, 1.807) is 0 Å². The van der Waals surface area contributed by atoms with E-state index in [-0.39, 0.29) is 5.91 Å². The van der Waals surface area contributed by atoms with Crippen molar-refractivity contribution in [3.8, 4) is 0 Å². The maximum Gasteiger partial charge on any atom is 0.244 e. The first-order valence-electron chi connectivity index (χ1n) is 5.56. The van der Waals surface area contributed by atoms with Gasteiger partial charge < -0.3 is 10.2 Å². The Morgan fingerprint density at radius 2 is 1.65 bits per heavy atom. The van der Waals surface area contributed by atoms with Crippen molar-refractivity contribution in [2.45, 2.75) is 0 Å². The number of anilines is 3. The van der Waals surface area contributed by atoms with Gasteiger partial charge in [0.15, 0.2) is 0 Å². The van der Waals surface area contributed by atoms with Crippen molar-refractivity contribution >= 4 is 23.0 Å². The second kappa shape index (κ2) is 3.94. The Morgan fingerprint density at radius 1 is 0.941 bits per heavy atom. The Morgan fingerprint density at radius 3 is 2.47 bits per heavy atom. The van der Waals surface area contributed by atoms with Crippen LogP contribution in [0.3, 0.4) is 0 Å². The molecule has 0 saturated carbocycles. The molecule has 0 radical (unpaired) electrons. The second-order valence-electron chi connectivity index (χ2n) is 3.99. The predicted molar refractivity (Wildman–Crippen MR) is 68.5 cm³/mol. The average Bonchev–Trinajstić information content (AvgIpc) is 2.39. The van der Waals surface area contributed by atoms with Gasteiger partial charge in [0.05, 0.1) is 11.4 Å². The molecule has 1 amide bonds. The summed E-state index contributed by atoms with van der Waals surface area (Å²) in [6.07, 6.45) is 0. The zero-order valence-electron chi connectivity index (χ0n) is 9.26. The lowest BCUT2D eigenvalue weighted by Crippen LogP contribution is -2.34. The molecular weight excluding hydrogens is 212 g/mol. The molecule has 0 unspecified atom stereocenters. The number of carbonyl (C=O) groups excluding carboxylic acids is 1. The summed E-state index contributed by atoms with van der Waals surface area (Å²) in [6.45, 7) is 0.362. The molecule has 1 aliphatic heterocycles. The Bertz CT molecular complexity index is 551. The van der Waals surface area contributed by atoms with E-state index in [2.05, 4.69) is 5.32 Å². The van der Waals surface area contributed by atoms with Gasteiger partial charge in [-0.3, -0.25) is 4.79 Å². The third-order valence-corrected chi connectivity index (χ3v) is 2.84. The monoisotopic (exact) mass is 224 g/mol. The lowest BCUT2D eigenvalue weighted by atomic mass is 10.1. The summed E-state index contributed by atoms with van der Waals surface area (Å²) >= 11 is 0. The second-order valence-corrected chi connectivity index (χ2v) is 3.99. The molecule has 3 nitrogen and oxygen atoms in total. The highest BCUT2D eigenvalue weighted by atomic mass is 16.2. The van der Waals surface area contributed by atoms with Crippen LogP contribution in [-0.2, 0) is 4.79 Å². The van der Waals surface area contributed by atoms with E-state index in [9.17, 15) is 4.79 Å². The maximum absolute atomic E-state index is 11.7. The zero-order valence-corrected chi connectivity index (χ0v) is 9.26. The van der Waals surface area contributed by atoms with E-state index < -0.39 is 0 Å². The van der Waals surface area contributed by atoms with E-state index >= 15 is 0 Å². The van der Waals surface area contributed by atoms with Gasteiger partial charge in [-0.25, -0.2) is 0 Å². The van der Waals surface area contributed by atoms with Gasteiger partial charge in [0.1, 0.15) is 6.54 Å². The molecule has 3 heteroatoms. The van der Waals surface area contributed by atoms with E-state index in [1.165, 1.54) is 0 Å². The Kier molecular flexibility index (Phi) is 2.29. The van der Waals surface area contributed by atoms with Gasteiger partial charge in [-0.05, 0) is 24.3 Å². The lowest BCUT2D eigenvalue weighted by Gasteiger charge is -2.30. The largest absolute Gasteiger partial charge is 0.330 e. The molecule has 0 spiro atoms. The topological polar surface area (TPSA) is 32.3 Å². The summed E-state index contributed by atoms with van der Waals surface area (Å²) in [6, 6.07) is 17.8. The van der Waals surface area contributed by atoms with Gasteiger partial charge in [0.2, 0.25) is 5.91 Å². The van der Waals surface area contributed by atoms with Crippen LogP contribution < -0.4 is 10.2 Å². The van der Waals surface area contributed by atoms with Gasteiger partial charge in [-0.1, -0.05) is 30.3 Å². The number of amides is 1. The highest BCUT2D eigenvalue weighted by molar-refractivity contribution is 6.03. The van der Waals surface area contributed by atoms with Gasteiger partial charge in [0, 0.05) is 5.69 Å². The standard InChI is InChI=1S/C14H12N2O/c17-14-10-16(11-6-2-1-3-7-11)13-9-5-4-8-12(13)15-14/h1-9H,10H2,(H,15,17). The molecule has 0 saturated heterocycles. The van der Waals surface area contributed by atoms with Crippen molar-refractivity contribution in [1.82, 2.24) is 0 Å². The van der Waals surface area contributed by atoms with E-state index in [0.717, 1.165) is 17.1 Å². The van der Waals surface area contributed by atoms with Crippen LogP contribution in [0.4, 0.5) is 17.1 Å². The fourth-order valence-electron chi connectivity index (χ4n) is 2.07. The number of hydrogen-bond acceptors (Lipinski definition) is 2. The quantitative estimate of drug-likeness (QED) is 0.807. The highest BCUT2D eigenvalue weighted by Gasteiger charge is 2.22. The summed E-state index contributed by atoms with van der Waals surface area (Å²) in [5, 5.41) is 2.88. The van der Waals surface area contributed by atoms with Crippen molar-refractivity contribution in [3.63, 3.8) is 0 Å². The smallest absolute Gasteiger partial charge is 0.244 e. The van der Waals surface area contributed by atoms with Crippen LogP contribution in [0.15, 0.2) is 54.6 Å². The number of para-hydroxylation sites is 3. The SMILES string of the molecule is O=C1CN(c2ccccc2)c2ccccc2N1. The first-order valence-corrected chi connectivity index (χ1v) is 5.56. The molecule has 0 bridgehead atoms.